The SMILES string of the molecule is COC1CCC(OC2CCC(C3CCC(CC(C)(F)F)CC3)CC2)C(F)C1F. The Morgan fingerprint density at radius 2 is 1.25 bits per heavy atom. The molecule has 28 heavy (non-hydrogen) atoms. The highest BCUT2D eigenvalue weighted by Crippen LogP contribution is 2.43. The fourth-order valence-electron chi connectivity index (χ4n) is 5.76. The Morgan fingerprint density at radius 1 is 0.750 bits per heavy atom. The van der Waals surface area contributed by atoms with Crippen LogP contribution in [0.5, 0.6) is 0 Å². The van der Waals surface area contributed by atoms with Crippen LogP contribution < -0.4 is 0 Å². The smallest absolute Gasteiger partial charge is 0.245 e. The lowest BCUT2D eigenvalue weighted by Crippen LogP contribution is -2.47. The molecule has 0 heterocycles. The van der Waals surface area contributed by atoms with Crippen LogP contribution in [0, 0.1) is 17.8 Å². The molecule has 0 bridgehead atoms. The Hall–Kier alpha value is -0.360. The Balaban J connectivity index is 1.38. The van der Waals surface area contributed by atoms with E-state index in [1.54, 1.807) is 0 Å². The molecule has 6 heteroatoms. The van der Waals surface area contributed by atoms with Crippen molar-refractivity contribution in [1.29, 1.82) is 0 Å². The largest absolute Gasteiger partial charge is 0.378 e. The highest BCUT2D eigenvalue weighted by atomic mass is 19.3. The Morgan fingerprint density at radius 3 is 1.79 bits per heavy atom. The maximum absolute atomic E-state index is 14.3. The molecule has 0 amide bonds. The maximum atomic E-state index is 14.3. The second-order valence-electron chi connectivity index (χ2n) is 9.51. The third-order valence-corrected chi connectivity index (χ3v) is 7.34. The van der Waals surface area contributed by atoms with Crippen LogP contribution in [0.1, 0.15) is 77.6 Å². The quantitative estimate of drug-likeness (QED) is 0.483. The Bertz CT molecular complexity index is 468. The number of alkyl halides is 4. The minimum absolute atomic E-state index is 0.0147. The van der Waals surface area contributed by atoms with E-state index in [9.17, 15) is 17.6 Å². The van der Waals surface area contributed by atoms with Gasteiger partial charge in [-0.05, 0) is 88.9 Å². The van der Waals surface area contributed by atoms with E-state index < -0.39 is 30.5 Å². The van der Waals surface area contributed by atoms with E-state index in [-0.39, 0.29) is 18.4 Å². The summed E-state index contributed by atoms with van der Waals surface area (Å²) in [5.74, 6) is -1.14. The third-order valence-electron chi connectivity index (χ3n) is 7.34. The molecule has 0 N–H and O–H groups in total. The van der Waals surface area contributed by atoms with Crippen molar-refractivity contribution in [3.63, 3.8) is 0 Å². The van der Waals surface area contributed by atoms with Crippen molar-refractivity contribution >= 4 is 0 Å². The van der Waals surface area contributed by atoms with Crippen molar-refractivity contribution in [3.8, 4) is 0 Å². The summed E-state index contributed by atoms with van der Waals surface area (Å²) in [7, 11) is 1.42. The topological polar surface area (TPSA) is 18.5 Å². The number of rotatable bonds is 6. The van der Waals surface area contributed by atoms with E-state index >= 15 is 0 Å². The molecule has 3 fully saturated rings. The minimum Gasteiger partial charge on any atom is -0.378 e. The van der Waals surface area contributed by atoms with Crippen molar-refractivity contribution in [2.75, 3.05) is 7.11 Å². The summed E-state index contributed by atoms with van der Waals surface area (Å²) in [6.45, 7) is 1.02. The summed E-state index contributed by atoms with van der Waals surface area (Å²) < 4.78 is 65.8. The normalized spacial score (nSPS) is 43.1. The monoisotopic (exact) mass is 408 g/mol. The van der Waals surface area contributed by atoms with Crippen LogP contribution in [0.2, 0.25) is 0 Å². The Labute approximate surface area is 166 Å². The summed E-state index contributed by atoms with van der Waals surface area (Å²) in [5, 5.41) is 0. The van der Waals surface area contributed by atoms with E-state index in [0.717, 1.165) is 58.3 Å². The lowest BCUT2D eigenvalue weighted by Gasteiger charge is -2.40. The average Bonchev–Trinajstić information content (AvgIpc) is 2.66. The van der Waals surface area contributed by atoms with Gasteiger partial charge in [0.2, 0.25) is 5.92 Å². The second kappa shape index (κ2) is 9.63. The van der Waals surface area contributed by atoms with Gasteiger partial charge in [-0.3, -0.25) is 0 Å². The van der Waals surface area contributed by atoms with Gasteiger partial charge in [0.05, 0.1) is 18.3 Å². The van der Waals surface area contributed by atoms with Gasteiger partial charge in [-0.2, -0.15) is 0 Å². The first-order valence-electron chi connectivity index (χ1n) is 11.1. The third kappa shape index (κ3) is 5.84. The molecule has 4 atom stereocenters. The molecule has 164 valence electrons. The van der Waals surface area contributed by atoms with Gasteiger partial charge >= 0.3 is 0 Å². The highest BCUT2D eigenvalue weighted by molar-refractivity contribution is 4.91. The van der Waals surface area contributed by atoms with Crippen molar-refractivity contribution in [3.05, 3.63) is 0 Å². The summed E-state index contributed by atoms with van der Waals surface area (Å²) >= 11 is 0. The Kier molecular flexibility index (Phi) is 7.68. The summed E-state index contributed by atoms with van der Waals surface area (Å²) in [4.78, 5) is 0. The van der Waals surface area contributed by atoms with Crippen LogP contribution in [0.25, 0.3) is 0 Å². The first-order valence-corrected chi connectivity index (χ1v) is 11.1. The molecule has 3 aliphatic carbocycles. The van der Waals surface area contributed by atoms with Crippen LogP contribution >= 0.6 is 0 Å². The summed E-state index contributed by atoms with van der Waals surface area (Å²) in [6.07, 6.45) is 4.32. The molecule has 3 rings (SSSR count). The molecule has 0 radical (unpaired) electrons. The molecule has 0 aromatic rings. The predicted octanol–water partition coefficient (Wildman–Crippen LogP) is 6.27. The standard InChI is InChI=1S/C22H36F4O2/c1-22(25,26)13-14-3-5-15(6-4-14)16-7-9-17(10-8-16)28-19-12-11-18(27-2)20(23)21(19)24/h14-21H,3-13H2,1-2H3. The average molecular weight is 409 g/mol. The molecule has 0 aliphatic heterocycles. The van der Waals surface area contributed by atoms with Crippen molar-refractivity contribution < 1.29 is 27.0 Å². The highest BCUT2D eigenvalue weighted by Gasteiger charge is 2.42. The molecular formula is C22H36F4O2. The van der Waals surface area contributed by atoms with Crippen LogP contribution in [-0.4, -0.2) is 43.7 Å². The number of halogens is 4. The van der Waals surface area contributed by atoms with E-state index in [1.165, 1.54) is 7.11 Å². The van der Waals surface area contributed by atoms with Gasteiger partial charge in [0.25, 0.3) is 0 Å². The van der Waals surface area contributed by atoms with Gasteiger partial charge in [-0.15, -0.1) is 0 Å². The number of methoxy groups -OCH3 is 1. The van der Waals surface area contributed by atoms with Gasteiger partial charge in [-0.1, -0.05) is 0 Å². The summed E-state index contributed by atoms with van der Waals surface area (Å²) in [6, 6.07) is 0. The van der Waals surface area contributed by atoms with Crippen LogP contribution in [-0.2, 0) is 9.47 Å². The number of hydrogen-bond acceptors (Lipinski definition) is 2. The van der Waals surface area contributed by atoms with E-state index in [0.29, 0.717) is 24.7 Å². The molecule has 0 aromatic carbocycles. The molecule has 2 nitrogen and oxygen atoms in total. The van der Waals surface area contributed by atoms with Gasteiger partial charge < -0.3 is 9.47 Å². The molecule has 0 spiro atoms. The van der Waals surface area contributed by atoms with Crippen LogP contribution in [0.4, 0.5) is 17.6 Å². The molecule has 0 saturated heterocycles. The summed E-state index contributed by atoms with van der Waals surface area (Å²) in [5.41, 5.74) is 0. The first kappa shape index (κ1) is 22.3. The lowest BCUT2D eigenvalue weighted by molar-refractivity contribution is -0.136. The zero-order valence-corrected chi connectivity index (χ0v) is 17.2. The number of hydrogen-bond donors (Lipinski definition) is 0. The van der Waals surface area contributed by atoms with Crippen LogP contribution in [0.3, 0.4) is 0 Å². The zero-order valence-electron chi connectivity index (χ0n) is 17.2. The van der Waals surface area contributed by atoms with Crippen molar-refractivity contribution in [1.82, 2.24) is 0 Å². The first-order chi connectivity index (χ1) is 13.3. The molecule has 4 unspecified atom stereocenters. The van der Waals surface area contributed by atoms with Crippen LogP contribution in [0.15, 0.2) is 0 Å². The van der Waals surface area contributed by atoms with Gasteiger partial charge in [0.1, 0.15) is 0 Å². The second-order valence-corrected chi connectivity index (χ2v) is 9.51. The predicted molar refractivity (Wildman–Crippen MR) is 101 cm³/mol. The minimum atomic E-state index is -2.55. The molecule has 3 saturated carbocycles. The van der Waals surface area contributed by atoms with Gasteiger partial charge in [-0.25, -0.2) is 17.6 Å². The van der Waals surface area contributed by atoms with E-state index in [1.807, 2.05) is 0 Å². The van der Waals surface area contributed by atoms with E-state index in [4.69, 9.17) is 9.47 Å². The van der Waals surface area contributed by atoms with Gasteiger partial charge in [0, 0.05) is 13.5 Å². The van der Waals surface area contributed by atoms with E-state index in [2.05, 4.69) is 0 Å². The van der Waals surface area contributed by atoms with Gasteiger partial charge in [0.15, 0.2) is 12.3 Å². The fraction of sp³-hybridized carbons (Fsp3) is 1.00. The van der Waals surface area contributed by atoms with Crippen molar-refractivity contribution in [2.45, 2.75) is 114 Å². The lowest BCUT2D eigenvalue weighted by atomic mass is 9.70. The van der Waals surface area contributed by atoms with Crippen molar-refractivity contribution in [2.24, 2.45) is 17.8 Å². The molecule has 0 aromatic heterocycles. The molecule has 3 aliphatic rings. The molecular weight excluding hydrogens is 372 g/mol. The fourth-order valence-corrected chi connectivity index (χ4v) is 5.76. The maximum Gasteiger partial charge on any atom is 0.245 e. The number of ether oxygens (including phenoxy) is 2. The zero-order chi connectivity index (χ0) is 20.3.